The van der Waals surface area contributed by atoms with Crippen LogP contribution in [0.5, 0.6) is 0 Å². The molecule has 1 heterocycles. The number of carbonyl (C=O) groups is 1. The zero-order valence-electron chi connectivity index (χ0n) is 9.60. The van der Waals surface area contributed by atoms with Crippen molar-refractivity contribution in [3.05, 3.63) is 0 Å². The monoisotopic (exact) mass is 201 g/mol. The average molecular weight is 201 g/mol. The lowest BCUT2D eigenvalue weighted by atomic mass is 10.3. The molecule has 1 amide bonds. The van der Waals surface area contributed by atoms with E-state index in [2.05, 4.69) is 15.5 Å². The Balaban J connectivity index is 0.000000791. The summed E-state index contributed by atoms with van der Waals surface area (Å²) in [6.45, 7) is 11.6. The minimum absolute atomic E-state index is 0.0603. The third-order valence-electron chi connectivity index (χ3n) is 2.01. The predicted octanol–water partition coefficient (Wildman–Crippen LogP) is 0.0539. The molecule has 0 spiro atoms. The zero-order chi connectivity index (χ0) is 10.8. The van der Waals surface area contributed by atoms with E-state index < -0.39 is 0 Å². The van der Waals surface area contributed by atoms with Crippen LogP contribution in [0, 0.1) is 0 Å². The van der Waals surface area contributed by atoms with Crippen molar-refractivity contribution in [2.45, 2.75) is 20.8 Å². The topological polar surface area (TPSA) is 44.4 Å². The van der Waals surface area contributed by atoms with Gasteiger partial charge in [0.2, 0.25) is 5.91 Å². The number of hydrogen-bond acceptors (Lipinski definition) is 3. The Labute approximate surface area is 87.0 Å². The summed E-state index contributed by atoms with van der Waals surface area (Å²) >= 11 is 0. The van der Waals surface area contributed by atoms with Crippen molar-refractivity contribution in [2.24, 2.45) is 0 Å². The number of nitrogens with one attached hydrogen (secondary N) is 2. The van der Waals surface area contributed by atoms with Crippen LogP contribution in [0.25, 0.3) is 0 Å². The van der Waals surface area contributed by atoms with Gasteiger partial charge < -0.3 is 10.6 Å². The fraction of sp³-hybridized carbons (Fsp3) is 0.900. The molecule has 0 saturated carbocycles. The highest BCUT2D eigenvalue weighted by atomic mass is 16.1. The molecule has 0 aliphatic carbocycles. The van der Waals surface area contributed by atoms with Crippen LogP contribution in [0.3, 0.4) is 0 Å². The summed E-state index contributed by atoms with van der Waals surface area (Å²) in [6, 6.07) is 0. The van der Waals surface area contributed by atoms with Gasteiger partial charge in [0.15, 0.2) is 0 Å². The van der Waals surface area contributed by atoms with E-state index >= 15 is 0 Å². The largest absolute Gasteiger partial charge is 0.355 e. The number of piperazine rings is 1. The molecule has 0 aromatic rings. The number of carbonyl (C=O) groups excluding carboxylic acids is 1. The molecular formula is C10H23N3O. The molecule has 0 bridgehead atoms. The molecule has 1 aliphatic rings. The highest BCUT2D eigenvalue weighted by Crippen LogP contribution is 1.89. The average Bonchev–Trinajstić information content (AvgIpc) is 2.22. The van der Waals surface area contributed by atoms with E-state index in [0.29, 0.717) is 0 Å². The Morgan fingerprint density at radius 2 is 1.93 bits per heavy atom. The molecule has 0 unspecified atom stereocenters. The Bertz CT molecular complexity index is 144. The van der Waals surface area contributed by atoms with E-state index in [4.69, 9.17) is 0 Å². The molecule has 0 aromatic carbocycles. The van der Waals surface area contributed by atoms with Gasteiger partial charge in [-0.05, 0) is 0 Å². The number of hydrogen-bond donors (Lipinski definition) is 2. The molecule has 0 aromatic heterocycles. The summed E-state index contributed by atoms with van der Waals surface area (Å²) in [5.74, 6) is 0.0603. The van der Waals surface area contributed by atoms with Crippen LogP contribution >= 0.6 is 0 Å². The number of rotatable bonds is 3. The third-order valence-corrected chi connectivity index (χ3v) is 2.01. The van der Waals surface area contributed by atoms with Gasteiger partial charge in [0.1, 0.15) is 0 Å². The van der Waals surface area contributed by atoms with Crippen LogP contribution < -0.4 is 10.6 Å². The molecule has 14 heavy (non-hydrogen) atoms. The van der Waals surface area contributed by atoms with Crippen LogP contribution in [-0.4, -0.2) is 50.1 Å². The van der Waals surface area contributed by atoms with Crippen molar-refractivity contribution in [3.8, 4) is 0 Å². The molecule has 4 nitrogen and oxygen atoms in total. The number of amides is 1. The van der Waals surface area contributed by atoms with E-state index in [1.807, 2.05) is 13.8 Å². The van der Waals surface area contributed by atoms with Crippen LogP contribution in [-0.2, 0) is 4.79 Å². The molecular weight excluding hydrogens is 178 g/mol. The highest BCUT2D eigenvalue weighted by Gasteiger charge is 2.07. The Hall–Kier alpha value is -0.610. The fourth-order valence-electron chi connectivity index (χ4n) is 1.32. The minimum Gasteiger partial charge on any atom is -0.355 e. The maximum absolute atomic E-state index is 10.5. The van der Waals surface area contributed by atoms with Gasteiger partial charge in [-0.1, -0.05) is 13.8 Å². The van der Waals surface area contributed by atoms with Crippen LogP contribution in [0.4, 0.5) is 0 Å². The molecule has 1 saturated heterocycles. The molecule has 2 N–H and O–H groups in total. The van der Waals surface area contributed by atoms with Crippen molar-refractivity contribution in [1.82, 2.24) is 15.5 Å². The SMILES string of the molecule is CC.CC(=O)NCCN1CCNCC1. The van der Waals surface area contributed by atoms with Crippen LogP contribution in [0.15, 0.2) is 0 Å². The summed E-state index contributed by atoms with van der Waals surface area (Å²) in [7, 11) is 0. The minimum atomic E-state index is 0.0603. The van der Waals surface area contributed by atoms with E-state index in [1.165, 1.54) is 0 Å². The molecule has 1 aliphatic heterocycles. The number of nitrogens with zero attached hydrogens (tertiary/aromatic N) is 1. The smallest absolute Gasteiger partial charge is 0.216 e. The summed E-state index contributed by atoms with van der Waals surface area (Å²) in [6.07, 6.45) is 0. The second kappa shape index (κ2) is 8.97. The van der Waals surface area contributed by atoms with Crippen molar-refractivity contribution in [2.75, 3.05) is 39.3 Å². The Morgan fingerprint density at radius 3 is 2.43 bits per heavy atom. The maximum Gasteiger partial charge on any atom is 0.216 e. The van der Waals surface area contributed by atoms with E-state index in [1.54, 1.807) is 6.92 Å². The zero-order valence-corrected chi connectivity index (χ0v) is 9.60. The molecule has 1 fully saturated rings. The maximum atomic E-state index is 10.5. The predicted molar refractivity (Wildman–Crippen MR) is 59.3 cm³/mol. The second-order valence-electron chi connectivity index (χ2n) is 3.07. The summed E-state index contributed by atoms with van der Waals surface area (Å²) in [5, 5.41) is 6.08. The first-order chi connectivity index (χ1) is 6.79. The van der Waals surface area contributed by atoms with Gasteiger partial charge in [-0.2, -0.15) is 0 Å². The van der Waals surface area contributed by atoms with E-state index in [9.17, 15) is 4.79 Å². The van der Waals surface area contributed by atoms with Crippen molar-refractivity contribution in [3.63, 3.8) is 0 Å². The summed E-state index contributed by atoms with van der Waals surface area (Å²) in [4.78, 5) is 12.9. The first-order valence-electron chi connectivity index (χ1n) is 5.46. The Kier molecular flexibility index (Phi) is 8.57. The molecule has 84 valence electrons. The second-order valence-corrected chi connectivity index (χ2v) is 3.07. The van der Waals surface area contributed by atoms with Gasteiger partial charge in [-0.3, -0.25) is 9.69 Å². The van der Waals surface area contributed by atoms with Crippen molar-refractivity contribution < 1.29 is 4.79 Å². The lowest BCUT2D eigenvalue weighted by Gasteiger charge is -2.26. The lowest BCUT2D eigenvalue weighted by Crippen LogP contribution is -2.46. The van der Waals surface area contributed by atoms with E-state index in [-0.39, 0.29) is 5.91 Å². The molecule has 0 radical (unpaired) electrons. The van der Waals surface area contributed by atoms with Crippen molar-refractivity contribution >= 4 is 5.91 Å². The van der Waals surface area contributed by atoms with Gasteiger partial charge in [0, 0.05) is 46.2 Å². The fourth-order valence-corrected chi connectivity index (χ4v) is 1.32. The quantitative estimate of drug-likeness (QED) is 0.678. The first-order valence-corrected chi connectivity index (χ1v) is 5.46. The Morgan fingerprint density at radius 1 is 1.36 bits per heavy atom. The molecule has 1 rings (SSSR count). The summed E-state index contributed by atoms with van der Waals surface area (Å²) < 4.78 is 0. The van der Waals surface area contributed by atoms with Gasteiger partial charge in [0.25, 0.3) is 0 Å². The van der Waals surface area contributed by atoms with Gasteiger partial charge in [0.05, 0.1) is 0 Å². The standard InChI is InChI=1S/C8H17N3O.C2H6/c1-8(12)10-4-7-11-5-2-9-3-6-11;1-2/h9H,2-7H2,1H3,(H,10,12);1-2H3. The normalized spacial score (nSPS) is 16.8. The van der Waals surface area contributed by atoms with Gasteiger partial charge in [-0.15, -0.1) is 0 Å². The van der Waals surface area contributed by atoms with Gasteiger partial charge >= 0.3 is 0 Å². The summed E-state index contributed by atoms with van der Waals surface area (Å²) in [5.41, 5.74) is 0. The first kappa shape index (κ1) is 13.4. The lowest BCUT2D eigenvalue weighted by molar-refractivity contribution is -0.119. The highest BCUT2D eigenvalue weighted by molar-refractivity contribution is 5.72. The van der Waals surface area contributed by atoms with E-state index in [0.717, 1.165) is 39.3 Å². The third kappa shape index (κ3) is 6.86. The van der Waals surface area contributed by atoms with Crippen molar-refractivity contribution in [1.29, 1.82) is 0 Å². The van der Waals surface area contributed by atoms with Gasteiger partial charge in [-0.25, -0.2) is 0 Å². The van der Waals surface area contributed by atoms with Crippen LogP contribution in [0.1, 0.15) is 20.8 Å². The van der Waals surface area contributed by atoms with Crippen LogP contribution in [0.2, 0.25) is 0 Å². The molecule has 4 heteroatoms. The molecule has 0 atom stereocenters.